The lowest BCUT2D eigenvalue weighted by molar-refractivity contribution is -0.123. The van der Waals surface area contributed by atoms with E-state index in [4.69, 9.17) is 0 Å². The number of nitrogens with one attached hydrogen (secondary N) is 2. The van der Waals surface area contributed by atoms with E-state index in [9.17, 15) is 4.79 Å². The van der Waals surface area contributed by atoms with Crippen molar-refractivity contribution in [2.45, 2.75) is 33.2 Å². The Labute approximate surface area is 109 Å². The third-order valence-electron chi connectivity index (χ3n) is 3.20. The highest BCUT2D eigenvalue weighted by Gasteiger charge is 2.26. The zero-order chi connectivity index (χ0) is 13.2. The molecule has 0 bridgehead atoms. The number of amides is 1. The van der Waals surface area contributed by atoms with Gasteiger partial charge in [0.15, 0.2) is 0 Å². The summed E-state index contributed by atoms with van der Waals surface area (Å²) in [4.78, 5) is 12.3. The summed E-state index contributed by atoms with van der Waals surface area (Å²) in [7, 11) is 0. The molecular weight excluding hydrogens is 224 g/mol. The van der Waals surface area contributed by atoms with Crippen LogP contribution in [0.1, 0.15) is 37.8 Å². The van der Waals surface area contributed by atoms with Gasteiger partial charge in [-0.3, -0.25) is 4.79 Å². The Kier molecular flexibility index (Phi) is 3.71. The summed E-state index contributed by atoms with van der Waals surface area (Å²) in [5.74, 6) is 0.0712. The first-order chi connectivity index (χ1) is 8.47. The lowest BCUT2D eigenvalue weighted by Gasteiger charge is -2.27. The van der Waals surface area contributed by atoms with Crippen LogP contribution >= 0.6 is 0 Å². The number of rotatable bonds is 2. The van der Waals surface area contributed by atoms with E-state index in [0.717, 1.165) is 13.1 Å². The lowest BCUT2D eigenvalue weighted by atomic mass is 9.89. The van der Waals surface area contributed by atoms with Gasteiger partial charge in [-0.05, 0) is 16.5 Å². The first kappa shape index (κ1) is 13.1. The van der Waals surface area contributed by atoms with Gasteiger partial charge in [-0.2, -0.15) is 0 Å². The summed E-state index contributed by atoms with van der Waals surface area (Å²) >= 11 is 0. The molecule has 18 heavy (non-hydrogen) atoms. The van der Waals surface area contributed by atoms with Crippen molar-refractivity contribution in [1.82, 2.24) is 10.6 Å². The average Bonchev–Trinajstić information content (AvgIpc) is 2.34. The number of carbonyl (C=O) groups is 1. The van der Waals surface area contributed by atoms with Crippen LogP contribution in [-0.4, -0.2) is 19.0 Å². The maximum atomic E-state index is 12.3. The molecule has 0 radical (unpaired) electrons. The van der Waals surface area contributed by atoms with Gasteiger partial charge in [0, 0.05) is 19.6 Å². The molecule has 0 aliphatic carbocycles. The Morgan fingerprint density at radius 1 is 1.39 bits per heavy atom. The lowest BCUT2D eigenvalue weighted by Crippen LogP contribution is -2.41. The minimum absolute atomic E-state index is 0.0581. The van der Waals surface area contributed by atoms with Gasteiger partial charge in [0.2, 0.25) is 5.91 Å². The minimum atomic E-state index is -0.0581. The van der Waals surface area contributed by atoms with Crippen molar-refractivity contribution in [2.75, 3.05) is 13.1 Å². The molecule has 0 saturated carbocycles. The highest BCUT2D eigenvalue weighted by Crippen LogP contribution is 2.24. The van der Waals surface area contributed by atoms with Gasteiger partial charge >= 0.3 is 0 Å². The van der Waals surface area contributed by atoms with Crippen LogP contribution in [0.25, 0.3) is 0 Å². The van der Waals surface area contributed by atoms with Gasteiger partial charge in [-0.1, -0.05) is 45.0 Å². The second-order valence-corrected chi connectivity index (χ2v) is 6.16. The van der Waals surface area contributed by atoms with E-state index in [2.05, 4.69) is 43.5 Å². The molecule has 3 heteroatoms. The summed E-state index contributed by atoms with van der Waals surface area (Å²) in [6.07, 6.45) is 0. The first-order valence-electron chi connectivity index (χ1n) is 6.53. The molecule has 0 aromatic heterocycles. The van der Waals surface area contributed by atoms with Gasteiger partial charge in [0.25, 0.3) is 0 Å². The molecular formula is C15H22N2O. The second kappa shape index (κ2) is 5.11. The SMILES string of the molecule is CC(C)(C)CNC(=O)C1CNCc2ccccc21. The molecule has 0 fully saturated rings. The molecule has 1 aliphatic rings. The molecule has 0 spiro atoms. The van der Waals surface area contributed by atoms with E-state index >= 15 is 0 Å². The van der Waals surface area contributed by atoms with Gasteiger partial charge in [0.1, 0.15) is 0 Å². The van der Waals surface area contributed by atoms with Crippen LogP contribution in [0.15, 0.2) is 24.3 Å². The van der Waals surface area contributed by atoms with E-state index in [1.54, 1.807) is 0 Å². The molecule has 1 aromatic carbocycles. The Morgan fingerprint density at radius 3 is 2.83 bits per heavy atom. The molecule has 1 aliphatic heterocycles. The monoisotopic (exact) mass is 246 g/mol. The molecule has 1 heterocycles. The van der Waals surface area contributed by atoms with Crippen LogP contribution in [0.3, 0.4) is 0 Å². The quantitative estimate of drug-likeness (QED) is 0.838. The molecule has 1 atom stereocenters. The van der Waals surface area contributed by atoms with Gasteiger partial charge in [0.05, 0.1) is 5.92 Å². The van der Waals surface area contributed by atoms with Crippen LogP contribution in [0.2, 0.25) is 0 Å². The van der Waals surface area contributed by atoms with E-state index in [1.165, 1.54) is 11.1 Å². The molecule has 2 rings (SSSR count). The van der Waals surface area contributed by atoms with Crippen molar-refractivity contribution in [3.05, 3.63) is 35.4 Å². The molecule has 0 saturated heterocycles. The second-order valence-electron chi connectivity index (χ2n) is 6.16. The Hall–Kier alpha value is -1.35. The van der Waals surface area contributed by atoms with Crippen LogP contribution in [-0.2, 0) is 11.3 Å². The van der Waals surface area contributed by atoms with Gasteiger partial charge in [-0.15, -0.1) is 0 Å². The van der Waals surface area contributed by atoms with Gasteiger partial charge in [-0.25, -0.2) is 0 Å². The van der Waals surface area contributed by atoms with E-state index < -0.39 is 0 Å². The molecule has 1 unspecified atom stereocenters. The zero-order valence-electron chi connectivity index (χ0n) is 11.4. The fourth-order valence-corrected chi connectivity index (χ4v) is 2.21. The van der Waals surface area contributed by atoms with Crippen molar-refractivity contribution >= 4 is 5.91 Å². The number of carbonyl (C=O) groups excluding carboxylic acids is 1. The standard InChI is InChI=1S/C15H22N2O/c1-15(2,3)10-17-14(18)13-9-16-8-11-6-4-5-7-12(11)13/h4-7,13,16H,8-10H2,1-3H3,(H,17,18). The van der Waals surface area contributed by atoms with Crippen LogP contribution in [0.5, 0.6) is 0 Å². The molecule has 1 amide bonds. The fourth-order valence-electron chi connectivity index (χ4n) is 2.21. The molecule has 3 nitrogen and oxygen atoms in total. The number of hydrogen-bond acceptors (Lipinski definition) is 2. The van der Waals surface area contributed by atoms with Crippen molar-refractivity contribution in [3.8, 4) is 0 Å². The number of fused-ring (bicyclic) bond motifs is 1. The maximum Gasteiger partial charge on any atom is 0.228 e. The zero-order valence-corrected chi connectivity index (χ0v) is 11.4. The summed E-state index contributed by atoms with van der Waals surface area (Å²) < 4.78 is 0. The predicted molar refractivity (Wildman–Crippen MR) is 73.4 cm³/mol. The minimum Gasteiger partial charge on any atom is -0.355 e. The number of hydrogen-bond donors (Lipinski definition) is 2. The summed E-state index contributed by atoms with van der Waals surface area (Å²) in [6, 6.07) is 8.19. The Morgan fingerprint density at radius 2 is 2.11 bits per heavy atom. The predicted octanol–water partition coefficient (Wildman–Crippen LogP) is 2.04. The summed E-state index contributed by atoms with van der Waals surface area (Å²) in [5.41, 5.74) is 2.53. The van der Waals surface area contributed by atoms with E-state index in [1.807, 2.05) is 12.1 Å². The van der Waals surface area contributed by atoms with Crippen molar-refractivity contribution < 1.29 is 4.79 Å². The maximum absolute atomic E-state index is 12.3. The smallest absolute Gasteiger partial charge is 0.228 e. The third-order valence-corrected chi connectivity index (χ3v) is 3.20. The van der Waals surface area contributed by atoms with Crippen LogP contribution in [0.4, 0.5) is 0 Å². The third kappa shape index (κ3) is 3.10. The Bertz CT molecular complexity index is 434. The topological polar surface area (TPSA) is 41.1 Å². The van der Waals surface area contributed by atoms with E-state index in [0.29, 0.717) is 6.54 Å². The average molecular weight is 246 g/mol. The fraction of sp³-hybridized carbons (Fsp3) is 0.533. The van der Waals surface area contributed by atoms with Crippen molar-refractivity contribution in [3.63, 3.8) is 0 Å². The largest absolute Gasteiger partial charge is 0.355 e. The van der Waals surface area contributed by atoms with Gasteiger partial charge < -0.3 is 10.6 Å². The van der Waals surface area contributed by atoms with Crippen molar-refractivity contribution in [2.24, 2.45) is 5.41 Å². The molecule has 2 N–H and O–H groups in total. The molecule has 1 aromatic rings. The molecule has 98 valence electrons. The summed E-state index contributed by atoms with van der Waals surface area (Å²) in [6.45, 7) is 8.68. The normalized spacial score (nSPS) is 19.2. The van der Waals surface area contributed by atoms with E-state index in [-0.39, 0.29) is 17.2 Å². The number of benzene rings is 1. The van der Waals surface area contributed by atoms with Crippen LogP contribution in [0, 0.1) is 5.41 Å². The Balaban J connectivity index is 2.08. The highest BCUT2D eigenvalue weighted by molar-refractivity contribution is 5.84. The highest BCUT2D eigenvalue weighted by atomic mass is 16.1. The summed E-state index contributed by atoms with van der Waals surface area (Å²) in [5, 5.41) is 6.36. The van der Waals surface area contributed by atoms with Crippen molar-refractivity contribution in [1.29, 1.82) is 0 Å². The van der Waals surface area contributed by atoms with Crippen LogP contribution < -0.4 is 10.6 Å². The first-order valence-corrected chi connectivity index (χ1v) is 6.53.